The van der Waals surface area contributed by atoms with Gasteiger partial charge in [0.2, 0.25) is 5.88 Å². The second kappa shape index (κ2) is 18.7. The number of nitro groups is 1. The van der Waals surface area contributed by atoms with E-state index in [1.807, 2.05) is 12.1 Å². The second-order valence-electron chi connectivity index (χ2n) is 18.6. The number of hydrogen-bond acceptors (Lipinski definition) is 12. The van der Waals surface area contributed by atoms with E-state index in [4.69, 9.17) is 21.1 Å². The Morgan fingerprint density at radius 2 is 1.73 bits per heavy atom. The van der Waals surface area contributed by atoms with E-state index in [0.29, 0.717) is 54.6 Å². The largest absolute Gasteiger partial charge is 0.412 e. The van der Waals surface area contributed by atoms with Crippen LogP contribution in [-0.4, -0.2) is 99.3 Å². The van der Waals surface area contributed by atoms with Crippen LogP contribution in [0.3, 0.4) is 0 Å². The van der Waals surface area contributed by atoms with Crippen molar-refractivity contribution in [2.24, 2.45) is 11.3 Å². The fourth-order valence-corrected chi connectivity index (χ4v) is 10.6. The minimum atomic E-state index is -4.70. The van der Waals surface area contributed by atoms with E-state index in [9.17, 15) is 23.3 Å². The van der Waals surface area contributed by atoms with E-state index < -0.39 is 44.0 Å². The monoisotopic (exact) mass is 958 g/mol. The van der Waals surface area contributed by atoms with Crippen molar-refractivity contribution in [1.29, 1.82) is 0 Å². The summed E-state index contributed by atoms with van der Waals surface area (Å²) < 4.78 is 71.2. The average Bonchev–Trinajstić information content (AvgIpc) is 3.71. The van der Waals surface area contributed by atoms with Crippen molar-refractivity contribution in [2.45, 2.75) is 63.4 Å². The molecule has 0 atom stereocenters. The predicted octanol–water partition coefficient (Wildman–Crippen LogP) is 9.38. The summed E-state index contributed by atoms with van der Waals surface area (Å²) in [6.45, 7) is 9.44. The van der Waals surface area contributed by atoms with E-state index in [2.05, 4.69) is 55.8 Å². The number of H-pyrrole nitrogens is 1. The molecule has 3 aromatic carbocycles. The van der Waals surface area contributed by atoms with E-state index >= 15 is 8.78 Å². The van der Waals surface area contributed by atoms with Crippen molar-refractivity contribution in [3.05, 3.63) is 111 Å². The molecule has 2 fully saturated rings. The van der Waals surface area contributed by atoms with Crippen LogP contribution in [0.4, 0.5) is 37.2 Å². The van der Waals surface area contributed by atoms with Gasteiger partial charge in [-0.05, 0) is 109 Å². The molecule has 3 N–H and O–H groups in total. The van der Waals surface area contributed by atoms with Gasteiger partial charge in [-0.25, -0.2) is 13.1 Å². The molecule has 19 heteroatoms. The number of ether oxygens (including phenoxy) is 2. The standard InChI is InChI=1S/C48H53ClF2N8O7S/c1-47(2)15-11-34(39(28-47)32-3-5-35(49)6-4-32)30-56-19-21-57(22-20-56)36-7-9-38(41(26-36)58-18-16-48(50,51)66-46-43(58)25-33-12-17-52-44(33)54-46)45(60)55-67(63,64)37-8-10-40(42(27-37)59(61)62)53-29-31-13-23-65-24-14-31/h3-10,12,17,25-27,31,53H,11,13-16,18-24,28-30H2,1-2H3,(H,52,54)(H,55,60). The molecule has 0 saturated carbocycles. The Morgan fingerprint density at radius 3 is 2.48 bits per heavy atom. The van der Waals surface area contributed by atoms with E-state index in [-0.39, 0.29) is 46.4 Å². The second-order valence-corrected chi connectivity index (χ2v) is 20.7. The fourth-order valence-electron chi connectivity index (χ4n) is 9.48. The number of sulfonamides is 1. The van der Waals surface area contributed by atoms with Crippen LogP contribution in [0, 0.1) is 21.4 Å². The normalized spacial score (nSPS) is 19.1. The fraction of sp³-hybridized carbons (Fsp3) is 0.417. The zero-order valence-corrected chi connectivity index (χ0v) is 38.9. The number of rotatable bonds is 12. The van der Waals surface area contributed by atoms with E-state index in [0.717, 1.165) is 57.8 Å². The molecule has 0 unspecified atom stereocenters. The van der Waals surface area contributed by atoms with Gasteiger partial charge in [0.15, 0.2) is 0 Å². The Labute approximate surface area is 392 Å². The molecule has 1 amide bonds. The number of carbonyl (C=O) groups excluding carboxylic acids is 1. The molecule has 2 saturated heterocycles. The molecule has 5 aromatic rings. The topological polar surface area (TPSA) is 175 Å². The molecule has 354 valence electrons. The number of nitro benzene ring substituents is 1. The van der Waals surface area contributed by atoms with E-state index in [1.54, 1.807) is 30.5 Å². The number of anilines is 4. The highest BCUT2D eigenvalue weighted by Crippen LogP contribution is 2.45. The molecule has 0 radical (unpaired) electrons. The number of pyridine rings is 1. The zero-order chi connectivity index (χ0) is 47.1. The maximum atomic E-state index is 15.3. The number of fused-ring (bicyclic) bond motifs is 2. The van der Waals surface area contributed by atoms with Crippen molar-refractivity contribution in [2.75, 3.05) is 74.1 Å². The number of aromatic nitrogens is 2. The van der Waals surface area contributed by atoms with Crippen LogP contribution in [0.1, 0.15) is 68.3 Å². The molecule has 15 nitrogen and oxygen atoms in total. The molecule has 0 spiro atoms. The van der Waals surface area contributed by atoms with Gasteiger partial charge in [0.05, 0.1) is 27.5 Å². The van der Waals surface area contributed by atoms with Crippen LogP contribution < -0.4 is 24.6 Å². The number of alkyl halides is 2. The molecular weight excluding hydrogens is 906 g/mol. The number of nitrogens with one attached hydrogen (secondary N) is 3. The maximum Gasteiger partial charge on any atom is 0.400 e. The molecule has 2 aromatic heterocycles. The summed E-state index contributed by atoms with van der Waals surface area (Å²) in [6.07, 6.45) is 1.85. The lowest BCUT2D eigenvalue weighted by Crippen LogP contribution is -2.47. The quantitative estimate of drug-likeness (QED) is 0.0800. The van der Waals surface area contributed by atoms with Crippen molar-refractivity contribution in [3.63, 3.8) is 0 Å². The van der Waals surface area contributed by atoms with Crippen LogP contribution in [0.5, 0.6) is 5.88 Å². The number of hydrogen-bond donors (Lipinski definition) is 3. The number of carbonyl (C=O) groups is 1. The minimum absolute atomic E-state index is 0.137. The number of nitrogens with zero attached hydrogens (tertiary/aromatic N) is 5. The van der Waals surface area contributed by atoms with Gasteiger partial charge in [0.1, 0.15) is 17.0 Å². The summed E-state index contributed by atoms with van der Waals surface area (Å²) in [7, 11) is -4.70. The molecule has 9 rings (SSSR count). The summed E-state index contributed by atoms with van der Waals surface area (Å²) in [4.78, 5) is 38.8. The van der Waals surface area contributed by atoms with Gasteiger partial charge in [0.25, 0.3) is 21.6 Å². The van der Waals surface area contributed by atoms with E-state index in [1.165, 1.54) is 39.8 Å². The van der Waals surface area contributed by atoms with Gasteiger partial charge in [0, 0.05) is 87.4 Å². The first-order valence-corrected chi connectivity index (χ1v) is 24.4. The van der Waals surface area contributed by atoms with Crippen LogP contribution >= 0.6 is 11.6 Å². The van der Waals surface area contributed by atoms with Crippen molar-refractivity contribution in [1.82, 2.24) is 19.6 Å². The molecule has 3 aliphatic heterocycles. The third-order valence-electron chi connectivity index (χ3n) is 13.3. The Balaban J connectivity index is 1.01. The van der Waals surface area contributed by atoms with Crippen LogP contribution in [0.2, 0.25) is 5.02 Å². The van der Waals surface area contributed by atoms with Crippen LogP contribution in [0.25, 0.3) is 16.6 Å². The van der Waals surface area contributed by atoms with Crippen molar-refractivity contribution >= 4 is 72.6 Å². The minimum Gasteiger partial charge on any atom is -0.412 e. The third-order valence-corrected chi connectivity index (χ3v) is 14.9. The molecule has 4 aliphatic rings. The Kier molecular flexibility index (Phi) is 12.9. The number of aromatic amines is 1. The Morgan fingerprint density at radius 1 is 0.970 bits per heavy atom. The number of piperazine rings is 1. The summed E-state index contributed by atoms with van der Waals surface area (Å²) in [6, 6.07) is 19.7. The number of allylic oxidation sites excluding steroid dienone is 1. The lowest BCUT2D eigenvalue weighted by molar-refractivity contribution is -0.384. The zero-order valence-electron chi connectivity index (χ0n) is 37.3. The number of benzene rings is 3. The van der Waals surface area contributed by atoms with Gasteiger partial charge in [-0.15, -0.1) is 0 Å². The maximum absolute atomic E-state index is 15.3. The summed E-state index contributed by atoms with van der Waals surface area (Å²) >= 11 is 6.25. The Bertz CT molecular complexity index is 2830. The number of amides is 1. The summed E-state index contributed by atoms with van der Waals surface area (Å²) in [5, 5.41) is 16.6. The summed E-state index contributed by atoms with van der Waals surface area (Å²) in [5.74, 6) is -1.20. The predicted molar refractivity (Wildman–Crippen MR) is 254 cm³/mol. The van der Waals surface area contributed by atoms with Crippen molar-refractivity contribution in [3.8, 4) is 5.88 Å². The molecular formula is C48H53ClF2N8O7S. The highest BCUT2D eigenvalue weighted by atomic mass is 35.5. The van der Waals surface area contributed by atoms with Crippen LogP contribution in [-0.2, 0) is 14.8 Å². The molecule has 1 aliphatic carbocycles. The molecule has 5 heterocycles. The van der Waals surface area contributed by atoms with Gasteiger partial charge in [-0.1, -0.05) is 43.2 Å². The highest BCUT2D eigenvalue weighted by molar-refractivity contribution is 7.90. The van der Waals surface area contributed by atoms with Gasteiger partial charge in [-0.2, -0.15) is 13.8 Å². The van der Waals surface area contributed by atoms with Gasteiger partial charge in [-0.3, -0.25) is 19.8 Å². The smallest absolute Gasteiger partial charge is 0.400 e. The van der Waals surface area contributed by atoms with Crippen molar-refractivity contribution < 1.29 is 36.4 Å². The highest BCUT2D eigenvalue weighted by Gasteiger charge is 2.40. The number of halogens is 3. The molecule has 67 heavy (non-hydrogen) atoms. The average molecular weight is 960 g/mol. The summed E-state index contributed by atoms with van der Waals surface area (Å²) in [5.41, 5.74) is 5.00. The SMILES string of the molecule is CC1(C)CCC(CN2CCN(c3ccc(C(=O)NS(=O)(=O)c4ccc(NCC5CCOCC5)c([N+](=O)[O-])c4)c(N4CCC(F)(F)Oc5nc6[nH]ccc6cc54)c3)CC2)=C(c2ccc(Cl)cc2)C1. The first-order chi connectivity index (χ1) is 32.0. The lowest BCUT2D eigenvalue weighted by atomic mass is 9.72. The Hall–Kier alpha value is -5.82. The molecule has 0 bridgehead atoms. The van der Waals surface area contributed by atoms with Gasteiger partial charge >= 0.3 is 6.11 Å². The first kappa shape index (κ1) is 46.3. The third kappa shape index (κ3) is 10.4. The van der Waals surface area contributed by atoms with Crippen LogP contribution in [0.15, 0.2) is 89.5 Å². The van der Waals surface area contributed by atoms with Gasteiger partial charge < -0.3 is 29.6 Å². The first-order valence-electron chi connectivity index (χ1n) is 22.6. The lowest BCUT2D eigenvalue weighted by Gasteiger charge is -2.39.